The van der Waals surface area contributed by atoms with Gasteiger partial charge < -0.3 is 10.1 Å². The fraction of sp³-hybridized carbons (Fsp3) is 0.412. The topological polar surface area (TPSA) is 97.0 Å². The lowest BCUT2D eigenvalue weighted by molar-refractivity contribution is 0.101. The Hall–Kier alpha value is -2.50. The highest BCUT2D eigenvalue weighted by atomic mass is 32.1. The number of nitrogens with one attached hydrogen (secondary N) is 1. The highest BCUT2D eigenvalue weighted by Crippen LogP contribution is 2.37. The van der Waals surface area contributed by atoms with E-state index in [0.717, 1.165) is 31.2 Å². The fourth-order valence-electron chi connectivity index (χ4n) is 2.85. The Kier molecular flexibility index (Phi) is 5.26. The van der Waals surface area contributed by atoms with Crippen molar-refractivity contribution in [3.8, 4) is 6.07 Å². The first-order chi connectivity index (χ1) is 12.1. The van der Waals surface area contributed by atoms with Gasteiger partial charge in [0.05, 0.1) is 18.7 Å². The molecule has 2 aromatic rings. The number of hydrogen-bond donors (Lipinski definition) is 1. The molecule has 1 aliphatic rings. The Balaban J connectivity index is 1.85. The molecule has 0 aromatic carbocycles. The van der Waals surface area contributed by atoms with Gasteiger partial charge in [0.1, 0.15) is 16.8 Å². The summed E-state index contributed by atoms with van der Waals surface area (Å²) in [5.74, 6) is -0.429. The lowest BCUT2D eigenvalue weighted by atomic mass is 9.96. The predicted molar refractivity (Wildman–Crippen MR) is 94.0 cm³/mol. The zero-order valence-electron chi connectivity index (χ0n) is 13.9. The average Bonchev–Trinajstić information content (AvgIpc) is 2.97. The van der Waals surface area contributed by atoms with Crippen LogP contribution < -0.4 is 10.9 Å². The van der Waals surface area contributed by atoms with Crippen LogP contribution in [-0.4, -0.2) is 29.4 Å². The number of rotatable bonds is 5. The van der Waals surface area contributed by atoms with Gasteiger partial charge in [-0.3, -0.25) is 9.59 Å². The predicted octanol–water partition coefficient (Wildman–Crippen LogP) is 1.95. The van der Waals surface area contributed by atoms with Crippen molar-refractivity contribution in [3.63, 3.8) is 0 Å². The maximum Gasteiger partial charge on any atom is 0.276 e. The second kappa shape index (κ2) is 7.59. The van der Waals surface area contributed by atoms with Gasteiger partial charge in [0.25, 0.3) is 11.5 Å². The summed E-state index contributed by atoms with van der Waals surface area (Å²) in [5.41, 5.74) is 1.46. The minimum Gasteiger partial charge on any atom is -0.383 e. The van der Waals surface area contributed by atoms with Crippen molar-refractivity contribution in [2.45, 2.75) is 32.2 Å². The van der Waals surface area contributed by atoms with E-state index in [9.17, 15) is 14.9 Å². The number of methoxy groups -OCH3 is 1. The van der Waals surface area contributed by atoms with Crippen molar-refractivity contribution < 1.29 is 9.53 Å². The molecular weight excluding hydrogens is 340 g/mol. The monoisotopic (exact) mass is 358 g/mol. The van der Waals surface area contributed by atoms with Crippen LogP contribution in [0.25, 0.3) is 0 Å². The highest BCUT2D eigenvalue weighted by molar-refractivity contribution is 7.16. The lowest BCUT2D eigenvalue weighted by Gasteiger charge is -2.09. The van der Waals surface area contributed by atoms with E-state index in [4.69, 9.17) is 4.74 Å². The molecule has 3 rings (SSSR count). The second-order valence-electron chi connectivity index (χ2n) is 5.75. The molecule has 2 aromatic heterocycles. The highest BCUT2D eigenvalue weighted by Gasteiger charge is 2.22. The van der Waals surface area contributed by atoms with Crippen molar-refractivity contribution in [1.29, 1.82) is 5.26 Å². The van der Waals surface area contributed by atoms with Gasteiger partial charge in [0.2, 0.25) is 0 Å². The van der Waals surface area contributed by atoms with Crippen molar-refractivity contribution in [2.75, 3.05) is 19.0 Å². The molecular formula is C17H18N4O3S. The second-order valence-corrected chi connectivity index (χ2v) is 6.86. The third-order valence-corrected chi connectivity index (χ3v) is 5.32. The van der Waals surface area contributed by atoms with Crippen LogP contribution in [0.2, 0.25) is 0 Å². The minimum absolute atomic E-state index is 0.131. The molecule has 2 heterocycles. The van der Waals surface area contributed by atoms with Crippen LogP contribution in [0.3, 0.4) is 0 Å². The molecule has 0 atom stereocenters. The number of ether oxygens (including phenoxy) is 1. The van der Waals surface area contributed by atoms with E-state index in [2.05, 4.69) is 16.5 Å². The van der Waals surface area contributed by atoms with Gasteiger partial charge in [-0.1, -0.05) is 0 Å². The maximum atomic E-state index is 12.5. The molecule has 7 nitrogen and oxygen atoms in total. The minimum atomic E-state index is -0.429. The average molecular weight is 358 g/mol. The molecule has 1 aliphatic carbocycles. The van der Waals surface area contributed by atoms with E-state index >= 15 is 0 Å². The third-order valence-electron chi connectivity index (χ3n) is 4.12. The van der Waals surface area contributed by atoms with Crippen molar-refractivity contribution in [1.82, 2.24) is 9.78 Å². The standard InChI is InChI=1S/C17H18N4O3S/c1-24-9-8-21-15(22)7-6-13(20-21)16(23)19-17-12(10-18)11-4-2-3-5-14(11)25-17/h6-7H,2-5,8-9H2,1H3,(H,19,23). The summed E-state index contributed by atoms with van der Waals surface area (Å²) in [6.07, 6.45) is 4.01. The van der Waals surface area contributed by atoms with Crippen molar-refractivity contribution >= 4 is 22.2 Å². The first-order valence-electron chi connectivity index (χ1n) is 8.07. The first-order valence-corrected chi connectivity index (χ1v) is 8.88. The fourth-order valence-corrected chi connectivity index (χ4v) is 4.08. The summed E-state index contributed by atoms with van der Waals surface area (Å²) in [5, 5.41) is 16.9. The largest absolute Gasteiger partial charge is 0.383 e. The Morgan fingerprint density at radius 1 is 1.44 bits per heavy atom. The Morgan fingerprint density at radius 2 is 2.24 bits per heavy atom. The van der Waals surface area contributed by atoms with Crippen LogP contribution in [0.4, 0.5) is 5.00 Å². The van der Waals surface area contributed by atoms with Gasteiger partial charge in [-0.15, -0.1) is 11.3 Å². The molecule has 25 heavy (non-hydrogen) atoms. The molecule has 1 amide bonds. The molecule has 0 fully saturated rings. The Morgan fingerprint density at radius 3 is 3.00 bits per heavy atom. The molecule has 130 valence electrons. The summed E-state index contributed by atoms with van der Waals surface area (Å²) in [7, 11) is 1.53. The van der Waals surface area contributed by atoms with Crippen molar-refractivity contribution in [2.24, 2.45) is 0 Å². The number of aryl methyl sites for hydroxylation is 1. The van der Waals surface area contributed by atoms with Gasteiger partial charge in [-0.05, 0) is 37.3 Å². The number of carbonyl (C=O) groups is 1. The molecule has 0 aliphatic heterocycles. The number of aromatic nitrogens is 2. The van der Waals surface area contributed by atoms with E-state index in [0.29, 0.717) is 17.2 Å². The van der Waals surface area contributed by atoms with Crippen LogP contribution in [-0.2, 0) is 24.1 Å². The van der Waals surface area contributed by atoms with Gasteiger partial charge in [-0.25, -0.2) is 4.68 Å². The third kappa shape index (κ3) is 3.62. The Labute approximate surface area is 148 Å². The lowest BCUT2D eigenvalue weighted by Crippen LogP contribution is -2.27. The number of hydrogen-bond acceptors (Lipinski definition) is 6. The number of nitriles is 1. The SMILES string of the molecule is COCCn1nc(C(=O)Nc2sc3c(c2C#N)CCCC3)ccc1=O. The molecule has 8 heteroatoms. The summed E-state index contributed by atoms with van der Waals surface area (Å²) in [4.78, 5) is 25.4. The molecule has 0 saturated carbocycles. The van der Waals surface area contributed by atoms with Crippen LogP contribution in [0.5, 0.6) is 0 Å². The molecule has 0 bridgehead atoms. The van der Waals surface area contributed by atoms with E-state index in [1.54, 1.807) is 0 Å². The molecule has 0 radical (unpaired) electrons. The molecule has 0 unspecified atom stereocenters. The van der Waals surface area contributed by atoms with Crippen LogP contribution in [0, 0.1) is 11.3 Å². The zero-order valence-corrected chi connectivity index (χ0v) is 14.7. The summed E-state index contributed by atoms with van der Waals surface area (Å²) >= 11 is 1.46. The summed E-state index contributed by atoms with van der Waals surface area (Å²) < 4.78 is 6.14. The van der Waals surface area contributed by atoms with E-state index in [1.165, 1.54) is 40.1 Å². The molecule has 1 N–H and O–H groups in total. The number of amides is 1. The van der Waals surface area contributed by atoms with Crippen LogP contribution >= 0.6 is 11.3 Å². The maximum absolute atomic E-state index is 12.5. The zero-order chi connectivity index (χ0) is 17.8. The molecule has 0 spiro atoms. The van der Waals surface area contributed by atoms with Gasteiger partial charge >= 0.3 is 0 Å². The van der Waals surface area contributed by atoms with E-state index in [1.807, 2.05) is 0 Å². The quantitative estimate of drug-likeness (QED) is 0.881. The first kappa shape index (κ1) is 17.3. The summed E-state index contributed by atoms with van der Waals surface area (Å²) in [6.45, 7) is 0.599. The molecule has 0 saturated heterocycles. The van der Waals surface area contributed by atoms with Gasteiger partial charge in [-0.2, -0.15) is 10.4 Å². The number of nitrogens with zero attached hydrogens (tertiary/aromatic N) is 3. The summed E-state index contributed by atoms with van der Waals surface area (Å²) in [6, 6.07) is 4.91. The van der Waals surface area contributed by atoms with Crippen LogP contribution in [0.1, 0.15) is 39.3 Å². The Bertz CT molecular complexity index is 894. The van der Waals surface area contributed by atoms with E-state index < -0.39 is 5.91 Å². The van der Waals surface area contributed by atoms with Gasteiger partial charge in [0, 0.05) is 18.1 Å². The smallest absolute Gasteiger partial charge is 0.276 e. The van der Waals surface area contributed by atoms with Crippen molar-refractivity contribution in [3.05, 3.63) is 44.2 Å². The van der Waals surface area contributed by atoms with Crippen LogP contribution in [0.15, 0.2) is 16.9 Å². The number of carbonyl (C=O) groups excluding carboxylic acids is 1. The van der Waals surface area contributed by atoms with Gasteiger partial charge in [0.15, 0.2) is 0 Å². The number of fused-ring (bicyclic) bond motifs is 1. The number of anilines is 1. The normalized spacial score (nSPS) is 13.1. The number of thiophene rings is 1. The van der Waals surface area contributed by atoms with E-state index in [-0.39, 0.29) is 17.8 Å².